The molecule has 0 radical (unpaired) electrons. The average Bonchev–Trinajstić information content (AvgIpc) is 3.22. The zero-order valence-corrected chi connectivity index (χ0v) is 24.8. The first-order chi connectivity index (χ1) is 20.1. The van der Waals surface area contributed by atoms with Crippen LogP contribution in [0.5, 0.6) is 0 Å². The average molecular weight is 616 g/mol. The van der Waals surface area contributed by atoms with E-state index in [1.807, 2.05) is 6.92 Å². The Kier molecular flexibility index (Phi) is 8.65. The lowest BCUT2D eigenvalue weighted by Crippen LogP contribution is -2.47. The fourth-order valence-electron chi connectivity index (χ4n) is 6.35. The number of fused-ring (bicyclic) bond motifs is 1. The first kappa shape index (κ1) is 30.4. The number of halogens is 3. The molecule has 3 aromatic carbocycles. The summed E-state index contributed by atoms with van der Waals surface area (Å²) in [6, 6.07) is 13.6. The minimum absolute atomic E-state index is 0.0187. The largest absolute Gasteiger partial charge is 0.545 e. The third kappa shape index (κ3) is 5.09. The summed E-state index contributed by atoms with van der Waals surface area (Å²) in [7, 11) is 0. The van der Waals surface area contributed by atoms with Gasteiger partial charge in [0.25, 0.3) is 5.91 Å². The van der Waals surface area contributed by atoms with Crippen LogP contribution in [0.25, 0.3) is 0 Å². The van der Waals surface area contributed by atoms with Gasteiger partial charge < -0.3 is 24.5 Å². The standard InChI is InChI=1S/C32H32Cl2FNO6/c1-3-31(40,20-11-13-41-14-12-20)22-15-26-28(27(35)16-22)32(42-4-2,21-6-9-23(33)10-7-21)36(29(26)37)18-19-5-8-24(34)17-25(19)30(38)39/h5-10,15-17,20,40H,3-4,11-14,18H2,1-2H3,(H,38,39)/p-1/t31-,32+/m0/s1. The first-order valence-electron chi connectivity index (χ1n) is 13.9. The Labute approximate surface area is 253 Å². The van der Waals surface area contributed by atoms with Crippen LogP contribution in [0.15, 0.2) is 54.6 Å². The van der Waals surface area contributed by atoms with Crippen molar-refractivity contribution >= 4 is 35.1 Å². The number of hydrogen-bond donors (Lipinski definition) is 1. The number of amides is 1. The Hall–Kier alpha value is -3.01. The molecule has 2 aliphatic rings. The Bertz CT molecular complexity index is 1510. The lowest BCUT2D eigenvalue weighted by molar-refractivity contribution is -0.255. The molecule has 0 saturated carbocycles. The number of carboxylic acid groups (broad SMARTS) is 1. The van der Waals surface area contributed by atoms with Crippen molar-refractivity contribution in [3.05, 3.63) is 104 Å². The van der Waals surface area contributed by atoms with Crippen molar-refractivity contribution in [1.82, 2.24) is 4.90 Å². The van der Waals surface area contributed by atoms with Crippen LogP contribution in [0.4, 0.5) is 4.39 Å². The Morgan fingerprint density at radius 1 is 1.12 bits per heavy atom. The Balaban J connectivity index is 1.74. The third-order valence-corrected chi connectivity index (χ3v) is 8.92. The maximum Gasteiger partial charge on any atom is 0.257 e. The summed E-state index contributed by atoms with van der Waals surface area (Å²) in [6.07, 6.45) is 1.50. The molecule has 1 saturated heterocycles. The van der Waals surface area contributed by atoms with Gasteiger partial charge in [0.2, 0.25) is 0 Å². The van der Waals surface area contributed by atoms with E-state index in [0.717, 1.165) is 0 Å². The van der Waals surface area contributed by atoms with Crippen LogP contribution in [-0.2, 0) is 27.3 Å². The van der Waals surface area contributed by atoms with Crippen LogP contribution in [0.2, 0.25) is 10.0 Å². The van der Waals surface area contributed by atoms with Gasteiger partial charge in [-0.05, 0) is 79.6 Å². The zero-order valence-electron chi connectivity index (χ0n) is 23.3. The van der Waals surface area contributed by atoms with Gasteiger partial charge in [0.15, 0.2) is 5.72 Å². The van der Waals surface area contributed by atoms with Crippen molar-refractivity contribution in [1.29, 1.82) is 0 Å². The van der Waals surface area contributed by atoms with E-state index in [4.69, 9.17) is 32.7 Å². The van der Waals surface area contributed by atoms with E-state index in [-0.39, 0.29) is 46.3 Å². The highest BCUT2D eigenvalue weighted by molar-refractivity contribution is 6.31. The van der Waals surface area contributed by atoms with E-state index in [1.165, 1.54) is 29.2 Å². The number of hydrogen-bond acceptors (Lipinski definition) is 6. The molecule has 10 heteroatoms. The van der Waals surface area contributed by atoms with Gasteiger partial charge in [-0.25, -0.2) is 4.39 Å². The molecule has 2 aliphatic heterocycles. The normalized spacial score (nSPS) is 20.4. The number of aromatic carboxylic acids is 1. The molecule has 1 N–H and O–H groups in total. The number of carbonyl (C=O) groups is 2. The highest BCUT2D eigenvalue weighted by Crippen LogP contribution is 2.50. The van der Waals surface area contributed by atoms with Gasteiger partial charge in [-0.1, -0.05) is 48.3 Å². The number of nitrogens with zero attached hydrogens (tertiary/aromatic N) is 1. The first-order valence-corrected chi connectivity index (χ1v) is 14.7. The van der Waals surface area contributed by atoms with Crippen LogP contribution < -0.4 is 5.11 Å². The number of carbonyl (C=O) groups excluding carboxylic acids is 2. The molecule has 0 unspecified atom stereocenters. The molecule has 7 nitrogen and oxygen atoms in total. The zero-order chi connectivity index (χ0) is 30.2. The van der Waals surface area contributed by atoms with E-state index >= 15 is 4.39 Å². The van der Waals surface area contributed by atoms with Crippen LogP contribution in [0.1, 0.15) is 76.1 Å². The molecule has 0 aromatic heterocycles. The summed E-state index contributed by atoms with van der Waals surface area (Å²) in [5.41, 5.74) is -2.40. The van der Waals surface area contributed by atoms with Crippen molar-refractivity contribution in [3.8, 4) is 0 Å². The third-order valence-electron chi connectivity index (χ3n) is 8.43. The molecule has 2 heterocycles. The lowest BCUT2D eigenvalue weighted by atomic mass is 9.74. The number of carboxylic acids is 1. The quantitative estimate of drug-likeness (QED) is 0.346. The van der Waals surface area contributed by atoms with Crippen LogP contribution in [-0.4, -0.2) is 41.7 Å². The maximum atomic E-state index is 16.6. The van der Waals surface area contributed by atoms with E-state index in [2.05, 4.69) is 0 Å². The summed E-state index contributed by atoms with van der Waals surface area (Å²) < 4.78 is 28.4. The molecule has 5 rings (SSSR count). The predicted molar refractivity (Wildman–Crippen MR) is 154 cm³/mol. The summed E-state index contributed by atoms with van der Waals surface area (Å²) >= 11 is 12.2. The fraction of sp³-hybridized carbons (Fsp3) is 0.375. The van der Waals surface area contributed by atoms with Crippen LogP contribution in [0.3, 0.4) is 0 Å². The van der Waals surface area contributed by atoms with Gasteiger partial charge in [0.05, 0.1) is 29.2 Å². The van der Waals surface area contributed by atoms with Crippen molar-refractivity contribution in [2.45, 2.75) is 51.0 Å². The molecule has 3 aromatic rings. The van der Waals surface area contributed by atoms with Crippen molar-refractivity contribution in [3.63, 3.8) is 0 Å². The molecule has 2 atom stereocenters. The van der Waals surface area contributed by atoms with Crippen LogP contribution >= 0.6 is 23.2 Å². The SMILES string of the molecule is CCO[C@]1(c2ccc(Cl)cc2)c2c(F)cc([C@](O)(CC)C3CCOCC3)cc2C(=O)N1Cc1ccc(Cl)cc1C(=O)[O-]. The van der Waals surface area contributed by atoms with E-state index in [0.29, 0.717) is 48.6 Å². The number of aliphatic hydroxyl groups is 1. The van der Waals surface area contributed by atoms with Crippen molar-refractivity contribution < 1.29 is 33.7 Å². The van der Waals surface area contributed by atoms with E-state index in [9.17, 15) is 19.8 Å². The highest BCUT2D eigenvalue weighted by Gasteiger charge is 2.55. The molecular formula is C32H31Cl2FNO6-. The minimum Gasteiger partial charge on any atom is -0.545 e. The number of ether oxygens (including phenoxy) is 2. The van der Waals surface area contributed by atoms with Crippen molar-refractivity contribution in [2.24, 2.45) is 5.92 Å². The smallest absolute Gasteiger partial charge is 0.257 e. The monoisotopic (exact) mass is 614 g/mol. The second kappa shape index (κ2) is 11.9. The molecule has 42 heavy (non-hydrogen) atoms. The van der Waals surface area contributed by atoms with Gasteiger partial charge in [0, 0.05) is 41.0 Å². The Morgan fingerprint density at radius 2 is 1.79 bits per heavy atom. The summed E-state index contributed by atoms with van der Waals surface area (Å²) in [4.78, 5) is 27.7. The molecule has 1 amide bonds. The molecular weight excluding hydrogens is 584 g/mol. The van der Waals surface area contributed by atoms with Gasteiger partial charge in [-0.15, -0.1) is 0 Å². The number of benzene rings is 3. The van der Waals surface area contributed by atoms with Crippen molar-refractivity contribution in [2.75, 3.05) is 19.8 Å². The molecule has 0 spiro atoms. The van der Waals surface area contributed by atoms with Gasteiger partial charge in [-0.3, -0.25) is 9.69 Å². The van der Waals surface area contributed by atoms with E-state index in [1.54, 1.807) is 37.3 Å². The summed E-state index contributed by atoms with van der Waals surface area (Å²) in [6.45, 7) is 4.35. The maximum absolute atomic E-state index is 16.6. The summed E-state index contributed by atoms with van der Waals surface area (Å²) in [5, 5.41) is 24.5. The fourth-order valence-corrected chi connectivity index (χ4v) is 6.64. The predicted octanol–water partition coefficient (Wildman–Crippen LogP) is 5.41. The summed E-state index contributed by atoms with van der Waals surface area (Å²) in [5.74, 6) is -2.97. The second-order valence-electron chi connectivity index (χ2n) is 10.6. The minimum atomic E-state index is -1.76. The second-order valence-corrected chi connectivity index (χ2v) is 11.5. The topological polar surface area (TPSA) is 99.1 Å². The van der Waals surface area contributed by atoms with E-state index < -0.39 is 29.0 Å². The molecule has 0 aliphatic carbocycles. The van der Waals surface area contributed by atoms with Gasteiger partial charge in [-0.2, -0.15) is 0 Å². The highest BCUT2D eigenvalue weighted by atomic mass is 35.5. The lowest BCUT2D eigenvalue weighted by Gasteiger charge is -2.40. The number of rotatable bonds is 9. The van der Waals surface area contributed by atoms with Crippen LogP contribution in [0, 0.1) is 11.7 Å². The Morgan fingerprint density at radius 3 is 2.40 bits per heavy atom. The van der Waals surface area contributed by atoms with Gasteiger partial charge in [0.1, 0.15) is 5.82 Å². The molecule has 0 bridgehead atoms. The van der Waals surface area contributed by atoms with Gasteiger partial charge >= 0.3 is 0 Å². The molecule has 222 valence electrons. The molecule has 1 fully saturated rings.